The molecule has 1 aromatic rings. The Morgan fingerprint density at radius 2 is 2.15 bits per heavy atom. The lowest BCUT2D eigenvalue weighted by Crippen LogP contribution is -2.44. The fourth-order valence-corrected chi connectivity index (χ4v) is 4.04. The average Bonchev–Trinajstić information content (AvgIpc) is 3.17. The fourth-order valence-electron chi connectivity index (χ4n) is 4.04. The third kappa shape index (κ3) is 2.73. The molecule has 132 valence electrons. The van der Waals surface area contributed by atoms with Crippen LogP contribution in [-0.4, -0.2) is 48.6 Å². The molecule has 1 aliphatic heterocycles. The van der Waals surface area contributed by atoms with E-state index in [1.165, 1.54) is 16.7 Å². The van der Waals surface area contributed by atoms with Crippen LogP contribution in [0.25, 0.3) is 0 Å². The van der Waals surface area contributed by atoms with Gasteiger partial charge in [0.2, 0.25) is 0 Å². The van der Waals surface area contributed by atoms with Gasteiger partial charge in [-0.05, 0) is 52.5 Å². The summed E-state index contributed by atoms with van der Waals surface area (Å²) in [4.78, 5) is 19.4. The predicted octanol–water partition coefficient (Wildman–Crippen LogP) is 2.08. The van der Waals surface area contributed by atoms with Crippen molar-refractivity contribution in [1.29, 1.82) is 0 Å². The monoisotopic (exact) mass is 347 g/mol. The van der Waals surface area contributed by atoms with Gasteiger partial charge in [0.1, 0.15) is 0 Å². The van der Waals surface area contributed by atoms with E-state index in [4.69, 9.17) is 4.74 Å². The molecule has 1 amide bonds. The zero-order valence-corrected chi connectivity index (χ0v) is 14.6. The molecular weight excluding hydrogens is 326 g/mol. The minimum Gasteiger partial charge on any atom is -0.379 e. The van der Waals surface area contributed by atoms with Crippen LogP contribution in [0.3, 0.4) is 0 Å². The van der Waals surface area contributed by atoms with Crippen LogP contribution in [0.15, 0.2) is 70.6 Å². The lowest BCUT2D eigenvalue weighted by atomic mass is 10.1. The highest BCUT2D eigenvalue weighted by Crippen LogP contribution is 2.51. The van der Waals surface area contributed by atoms with E-state index in [-0.39, 0.29) is 11.9 Å². The van der Waals surface area contributed by atoms with Crippen LogP contribution < -0.4 is 5.32 Å². The number of hydrogen-bond donors (Lipinski definition) is 1. The van der Waals surface area contributed by atoms with Gasteiger partial charge in [0, 0.05) is 37.6 Å². The highest BCUT2D eigenvalue weighted by atomic mass is 16.5. The Kier molecular flexibility index (Phi) is 3.84. The highest BCUT2D eigenvalue weighted by molar-refractivity contribution is 6.01. The molecule has 1 saturated carbocycles. The number of ether oxygens (including phenoxy) is 1. The van der Waals surface area contributed by atoms with E-state index in [1.807, 2.05) is 18.3 Å². The maximum Gasteiger partial charge on any atom is 0.251 e. The Hall–Kier alpha value is -2.50. The van der Waals surface area contributed by atoms with Gasteiger partial charge in [0.25, 0.3) is 5.91 Å². The first-order chi connectivity index (χ1) is 12.8. The maximum atomic E-state index is 12.8. The summed E-state index contributed by atoms with van der Waals surface area (Å²) in [6, 6.07) is 4.14. The standard InChI is InChI=1S/C21H21N3O2/c25-21(17-4-3-16-18-10-15(18)11-19(16)17)23-13-20(14-2-1-5-22-12-14)24-6-8-26-9-7-24/h1-5,11-12,20H,6-10,13H2,(H,23,25). The average molecular weight is 347 g/mol. The van der Waals surface area contributed by atoms with E-state index in [1.54, 1.807) is 6.20 Å². The van der Waals surface area contributed by atoms with Crippen LogP contribution in [-0.2, 0) is 9.53 Å². The highest BCUT2D eigenvalue weighted by Gasteiger charge is 2.35. The summed E-state index contributed by atoms with van der Waals surface area (Å²) in [5.41, 5.74) is 7.08. The van der Waals surface area contributed by atoms with Gasteiger partial charge in [-0.2, -0.15) is 0 Å². The SMILES string of the molecule is O=C(NCC(c1cccnc1)N1CCOCC1)C1=C2C=C3CC3=C2C=C1. The molecule has 4 aliphatic rings. The largest absolute Gasteiger partial charge is 0.379 e. The van der Waals surface area contributed by atoms with Gasteiger partial charge in [-0.25, -0.2) is 0 Å². The number of morpholine rings is 1. The first-order valence-electron chi connectivity index (χ1n) is 9.18. The van der Waals surface area contributed by atoms with E-state index in [9.17, 15) is 4.79 Å². The lowest BCUT2D eigenvalue weighted by Gasteiger charge is -2.34. The van der Waals surface area contributed by atoms with Crippen molar-refractivity contribution < 1.29 is 9.53 Å². The van der Waals surface area contributed by atoms with Crippen LogP contribution in [0.2, 0.25) is 0 Å². The summed E-state index contributed by atoms with van der Waals surface area (Å²) in [5.74, 6) is 0.00662. The lowest BCUT2D eigenvalue weighted by molar-refractivity contribution is -0.117. The van der Waals surface area contributed by atoms with Crippen LogP contribution in [0.4, 0.5) is 0 Å². The minimum absolute atomic E-state index is 0.00662. The molecule has 1 atom stereocenters. The van der Waals surface area contributed by atoms with E-state index in [0.717, 1.165) is 49.4 Å². The number of carbonyl (C=O) groups excluding carboxylic acids is 1. The van der Waals surface area contributed by atoms with Crippen molar-refractivity contribution in [2.45, 2.75) is 12.5 Å². The van der Waals surface area contributed by atoms with Crippen molar-refractivity contribution >= 4 is 5.91 Å². The molecule has 5 heteroatoms. The normalized spacial score (nSPS) is 22.2. The number of carbonyl (C=O) groups is 1. The molecule has 0 aromatic carbocycles. The van der Waals surface area contributed by atoms with Gasteiger partial charge in [-0.3, -0.25) is 14.7 Å². The topological polar surface area (TPSA) is 54.5 Å². The van der Waals surface area contributed by atoms with Crippen molar-refractivity contribution in [3.05, 3.63) is 76.2 Å². The molecular formula is C21H21N3O2. The van der Waals surface area contributed by atoms with Gasteiger partial charge >= 0.3 is 0 Å². The van der Waals surface area contributed by atoms with Crippen LogP contribution in [0, 0.1) is 0 Å². The zero-order chi connectivity index (χ0) is 17.5. The summed E-state index contributed by atoms with van der Waals surface area (Å²) in [6.45, 7) is 3.76. The molecule has 1 N–H and O–H groups in total. The molecule has 1 aromatic heterocycles. The van der Waals surface area contributed by atoms with Crippen LogP contribution >= 0.6 is 0 Å². The van der Waals surface area contributed by atoms with Gasteiger partial charge in [0.15, 0.2) is 0 Å². The third-order valence-electron chi connectivity index (χ3n) is 5.53. The Labute approximate surface area is 152 Å². The molecule has 26 heavy (non-hydrogen) atoms. The second kappa shape index (κ2) is 6.34. The molecule has 0 bridgehead atoms. The summed E-state index contributed by atoms with van der Waals surface area (Å²) in [7, 11) is 0. The molecule has 2 fully saturated rings. The Balaban J connectivity index is 1.32. The molecule has 0 radical (unpaired) electrons. The van der Waals surface area contributed by atoms with Crippen molar-refractivity contribution in [1.82, 2.24) is 15.2 Å². The number of hydrogen-bond acceptors (Lipinski definition) is 4. The van der Waals surface area contributed by atoms with E-state index in [0.29, 0.717) is 6.54 Å². The number of amides is 1. The van der Waals surface area contributed by atoms with E-state index in [2.05, 4.69) is 33.4 Å². The maximum absolute atomic E-state index is 12.8. The Morgan fingerprint density at radius 3 is 2.96 bits per heavy atom. The van der Waals surface area contributed by atoms with E-state index < -0.39 is 0 Å². The molecule has 0 spiro atoms. The number of aromatic nitrogens is 1. The van der Waals surface area contributed by atoms with Crippen LogP contribution in [0.1, 0.15) is 18.0 Å². The minimum atomic E-state index is 0.00662. The van der Waals surface area contributed by atoms with Crippen molar-refractivity contribution in [2.24, 2.45) is 0 Å². The number of allylic oxidation sites excluding steroid dienone is 6. The molecule has 1 unspecified atom stereocenters. The number of fused-ring (bicyclic) bond motifs is 2. The fraction of sp³-hybridized carbons (Fsp3) is 0.333. The summed E-state index contributed by atoms with van der Waals surface area (Å²) in [6.07, 6.45) is 11.0. The van der Waals surface area contributed by atoms with Gasteiger partial charge in [0.05, 0.1) is 19.3 Å². The summed E-state index contributed by atoms with van der Waals surface area (Å²) < 4.78 is 5.48. The Morgan fingerprint density at radius 1 is 1.27 bits per heavy atom. The van der Waals surface area contributed by atoms with Crippen LogP contribution in [0.5, 0.6) is 0 Å². The van der Waals surface area contributed by atoms with Crippen molar-refractivity contribution in [3.8, 4) is 0 Å². The quantitative estimate of drug-likeness (QED) is 0.886. The molecule has 2 heterocycles. The van der Waals surface area contributed by atoms with E-state index >= 15 is 0 Å². The van der Waals surface area contributed by atoms with Crippen molar-refractivity contribution in [3.63, 3.8) is 0 Å². The second-order valence-corrected chi connectivity index (χ2v) is 7.06. The van der Waals surface area contributed by atoms with Gasteiger partial charge < -0.3 is 10.1 Å². The number of rotatable bonds is 5. The number of pyridine rings is 1. The second-order valence-electron chi connectivity index (χ2n) is 7.06. The summed E-state index contributed by atoms with van der Waals surface area (Å²) >= 11 is 0. The summed E-state index contributed by atoms with van der Waals surface area (Å²) in [5, 5.41) is 3.15. The first kappa shape index (κ1) is 15.7. The van der Waals surface area contributed by atoms with Crippen molar-refractivity contribution in [2.75, 3.05) is 32.8 Å². The number of nitrogens with one attached hydrogen (secondary N) is 1. The Bertz CT molecular complexity index is 874. The molecule has 3 aliphatic carbocycles. The number of nitrogens with zero attached hydrogens (tertiary/aromatic N) is 2. The molecule has 1 saturated heterocycles. The third-order valence-corrected chi connectivity index (χ3v) is 5.53. The molecule has 5 rings (SSSR count). The predicted molar refractivity (Wildman–Crippen MR) is 98.3 cm³/mol. The molecule has 5 nitrogen and oxygen atoms in total. The first-order valence-corrected chi connectivity index (χ1v) is 9.18. The van der Waals surface area contributed by atoms with Gasteiger partial charge in [-0.1, -0.05) is 12.1 Å². The smallest absolute Gasteiger partial charge is 0.251 e. The van der Waals surface area contributed by atoms with Gasteiger partial charge in [-0.15, -0.1) is 0 Å². The zero-order valence-electron chi connectivity index (χ0n) is 14.6.